The maximum absolute atomic E-state index is 6.43. The Labute approximate surface area is 131 Å². The molecule has 1 heterocycles. The highest BCUT2D eigenvalue weighted by molar-refractivity contribution is 5.34. The number of aryl methyl sites for hydroxylation is 1. The number of nitrogens with two attached hydrogens (primary N) is 1. The molecule has 0 spiro atoms. The molecule has 0 aliphatic heterocycles. The summed E-state index contributed by atoms with van der Waals surface area (Å²) in [5, 5.41) is 0. The smallest absolute Gasteiger partial charge is 0.0318 e. The first-order valence-corrected chi connectivity index (χ1v) is 8.82. The molecule has 120 valence electrons. The van der Waals surface area contributed by atoms with Gasteiger partial charge >= 0.3 is 0 Å². The fraction of sp³-hybridized carbons (Fsp3) is 0.789. The van der Waals surface area contributed by atoms with Gasteiger partial charge in [-0.15, -0.1) is 0 Å². The fourth-order valence-corrected chi connectivity index (χ4v) is 4.08. The second-order valence-electron chi connectivity index (χ2n) is 7.91. The van der Waals surface area contributed by atoms with Gasteiger partial charge in [-0.25, -0.2) is 0 Å². The second kappa shape index (κ2) is 6.56. The van der Waals surface area contributed by atoms with Gasteiger partial charge in [-0.2, -0.15) is 0 Å². The summed E-state index contributed by atoms with van der Waals surface area (Å²) in [7, 11) is 0. The number of rotatable bonds is 6. The highest BCUT2D eigenvalue weighted by atomic mass is 15.0. The quantitative estimate of drug-likeness (QED) is 0.708. The molecule has 2 heteroatoms. The van der Waals surface area contributed by atoms with Crippen LogP contribution in [0.5, 0.6) is 0 Å². The van der Waals surface area contributed by atoms with E-state index in [1.807, 2.05) is 0 Å². The van der Waals surface area contributed by atoms with Crippen molar-refractivity contribution in [3.8, 4) is 0 Å². The average molecular weight is 290 g/mol. The van der Waals surface area contributed by atoms with Gasteiger partial charge in [0, 0.05) is 23.5 Å². The number of nitrogens with zero attached hydrogens (tertiary/aromatic N) is 1. The van der Waals surface area contributed by atoms with Crippen LogP contribution >= 0.6 is 0 Å². The molecule has 0 amide bonds. The van der Waals surface area contributed by atoms with E-state index < -0.39 is 0 Å². The van der Waals surface area contributed by atoms with Gasteiger partial charge in [-0.05, 0) is 50.2 Å². The molecule has 2 N–H and O–H groups in total. The molecule has 0 saturated carbocycles. The van der Waals surface area contributed by atoms with Crippen LogP contribution in [-0.2, 0) is 6.42 Å². The fourth-order valence-electron chi connectivity index (χ4n) is 4.08. The number of hydrogen-bond acceptors (Lipinski definition) is 1. The van der Waals surface area contributed by atoms with Gasteiger partial charge in [0.05, 0.1) is 0 Å². The van der Waals surface area contributed by atoms with E-state index in [1.54, 1.807) is 0 Å². The van der Waals surface area contributed by atoms with Crippen LogP contribution in [0.1, 0.15) is 95.3 Å². The third-order valence-corrected chi connectivity index (χ3v) is 5.10. The molecule has 2 rings (SSSR count). The van der Waals surface area contributed by atoms with Crippen molar-refractivity contribution in [3.63, 3.8) is 0 Å². The Morgan fingerprint density at radius 1 is 1.33 bits per heavy atom. The summed E-state index contributed by atoms with van der Waals surface area (Å²) in [4.78, 5) is 0. The van der Waals surface area contributed by atoms with Crippen molar-refractivity contribution in [2.24, 2.45) is 11.1 Å². The summed E-state index contributed by atoms with van der Waals surface area (Å²) >= 11 is 0. The van der Waals surface area contributed by atoms with Crippen molar-refractivity contribution in [2.75, 3.05) is 0 Å². The van der Waals surface area contributed by atoms with Crippen molar-refractivity contribution in [1.29, 1.82) is 0 Å². The van der Waals surface area contributed by atoms with E-state index in [9.17, 15) is 0 Å². The van der Waals surface area contributed by atoms with Gasteiger partial charge in [0.25, 0.3) is 0 Å². The first-order chi connectivity index (χ1) is 9.85. The lowest BCUT2D eigenvalue weighted by Gasteiger charge is -2.35. The molecular weight excluding hydrogens is 256 g/mol. The highest BCUT2D eigenvalue weighted by Crippen LogP contribution is 2.42. The molecule has 1 aliphatic rings. The van der Waals surface area contributed by atoms with E-state index in [4.69, 9.17) is 5.73 Å². The van der Waals surface area contributed by atoms with Crippen molar-refractivity contribution in [2.45, 2.75) is 91.6 Å². The van der Waals surface area contributed by atoms with Gasteiger partial charge in [0.1, 0.15) is 0 Å². The maximum atomic E-state index is 6.43. The molecule has 0 fully saturated rings. The monoisotopic (exact) mass is 290 g/mol. The predicted molar refractivity (Wildman–Crippen MR) is 91.7 cm³/mol. The van der Waals surface area contributed by atoms with Gasteiger partial charge in [-0.3, -0.25) is 0 Å². The largest absolute Gasteiger partial charge is 0.346 e. The van der Waals surface area contributed by atoms with E-state index >= 15 is 0 Å². The third-order valence-electron chi connectivity index (χ3n) is 5.10. The van der Waals surface area contributed by atoms with Crippen LogP contribution < -0.4 is 5.73 Å². The molecule has 1 aliphatic carbocycles. The number of fused-ring (bicyclic) bond motifs is 1. The van der Waals surface area contributed by atoms with E-state index in [2.05, 4.69) is 45.3 Å². The number of aromatic nitrogens is 1. The third kappa shape index (κ3) is 3.71. The van der Waals surface area contributed by atoms with Gasteiger partial charge in [0.2, 0.25) is 0 Å². The lowest BCUT2D eigenvalue weighted by Crippen LogP contribution is -2.31. The van der Waals surface area contributed by atoms with Crippen molar-refractivity contribution >= 4 is 0 Å². The second-order valence-corrected chi connectivity index (χ2v) is 7.91. The first-order valence-electron chi connectivity index (χ1n) is 8.82. The first kappa shape index (κ1) is 16.6. The Morgan fingerprint density at radius 2 is 2.05 bits per heavy atom. The van der Waals surface area contributed by atoms with Gasteiger partial charge < -0.3 is 10.3 Å². The minimum Gasteiger partial charge on any atom is -0.346 e. The minimum atomic E-state index is 0.219. The van der Waals surface area contributed by atoms with E-state index in [0.29, 0.717) is 11.5 Å². The van der Waals surface area contributed by atoms with Crippen LogP contribution in [0.15, 0.2) is 6.07 Å². The van der Waals surface area contributed by atoms with Crippen LogP contribution in [0.4, 0.5) is 0 Å². The molecule has 1 aromatic heterocycles. The maximum Gasteiger partial charge on any atom is 0.0318 e. The number of hydrogen-bond donors (Lipinski definition) is 1. The molecule has 0 saturated heterocycles. The van der Waals surface area contributed by atoms with Gasteiger partial charge in [0.15, 0.2) is 0 Å². The van der Waals surface area contributed by atoms with E-state index in [0.717, 1.165) is 6.42 Å². The Morgan fingerprint density at radius 3 is 2.71 bits per heavy atom. The SMILES string of the molecule is CCCCCCC(C)n1c(C)cc2c1CC(C)(C)CC2N. The van der Waals surface area contributed by atoms with Crippen LogP contribution in [0, 0.1) is 12.3 Å². The lowest BCUT2D eigenvalue weighted by atomic mass is 9.74. The molecule has 1 aromatic rings. The van der Waals surface area contributed by atoms with Gasteiger partial charge in [-0.1, -0.05) is 46.5 Å². The molecule has 0 radical (unpaired) electrons. The molecule has 21 heavy (non-hydrogen) atoms. The summed E-state index contributed by atoms with van der Waals surface area (Å²) < 4.78 is 2.59. The molecular formula is C19H34N2. The van der Waals surface area contributed by atoms with Crippen molar-refractivity contribution < 1.29 is 0 Å². The topological polar surface area (TPSA) is 30.9 Å². The zero-order valence-electron chi connectivity index (χ0n) is 14.7. The minimum absolute atomic E-state index is 0.219. The summed E-state index contributed by atoms with van der Waals surface area (Å²) in [5.41, 5.74) is 11.1. The molecule has 0 bridgehead atoms. The highest BCUT2D eigenvalue weighted by Gasteiger charge is 2.33. The van der Waals surface area contributed by atoms with Crippen LogP contribution in [0.25, 0.3) is 0 Å². The summed E-state index contributed by atoms with van der Waals surface area (Å²) in [6, 6.07) is 3.17. The Balaban J connectivity index is 2.17. The summed E-state index contributed by atoms with van der Waals surface area (Å²) in [5.74, 6) is 0. The predicted octanol–water partition coefficient (Wildman–Crippen LogP) is 5.30. The normalized spacial score (nSPS) is 22.1. The standard InChI is InChI=1S/C19H34N2/c1-6-7-8-9-10-14(2)21-15(3)11-16-17(20)12-19(4,5)13-18(16)21/h11,14,17H,6-10,12-13,20H2,1-5H3. The molecule has 2 atom stereocenters. The Hall–Kier alpha value is -0.760. The zero-order valence-corrected chi connectivity index (χ0v) is 14.7. The van der Waals surface area contributed by atoms with Crippen molar-refractivity contribution in [1.82, 2.24) is 4.57 Å². The Kier molecular flexibility index (Phi) is 5.19. The van der Waals surface area contributed by atoms with Crippen LogP contribution in [-0.4, -0.2) is 4.57 Å². The zero-order chi connectivity index (χ0) is 15.6. The van der Waals surface area contributed by atoms with Crippen LogP contribution in [0.3, 0.4) is 0 Å². The summed E-state index contributed by atoms with van der Waals surface area (Å²) in [6.45, 7) is 11.6. The van der Waals surface area contributed by atoms with E-state index in [1.165, 1.54) is 55.5 Å². The number of unbranched alkanes of at least 4 members (excludes halogenated alkanes) is 3. The van der Waals surface area contributed by atoms with E-state index in [-0.39, 0.29) is 6.04 Å². The summed E-state index contributed by atoms with van der Waals surface area (Å²) in [6.07, 6.45) is 8.96. The van der Waals surface area contributed by atoms with Crippen molar-refractivity contribution in [3.05, 3.63) is 23.0 Å². The van der Waals surface area contributed by atoms with Crippen LogP contribution in [0.2, 0.25) is 0 Å². The molecule has 2 nitrogen and oxygen atoms in total. The molecule has 2 unspecified atom stereocenters. The average Bonchev–Trinajstić information content (AvgIpc) is 2.70. The molecule has 0 aromatic carbocycles. The lowest BCUT2D eigenvalue weighted by molar-refractivity contribution is 0.270. The Bertz CT molecular complexity index is 470.